The van der Waals surface area contributed by atoms with Crippen molar-refractivity contribution >= 4 is 17.3 Å². The maximum atomic E-state index is 10.4. The van der Waals surface area contributed by atoms with E-state index in [9.17, 15) is 10.1 Å². The van der Waals surface area contributed by atoms with Gasteiger partial charge in [0, 0.05) is 18.0 Å². The Morgan fingerprint density at radius 1 is 1.46 bits per heavy atom. The molecule has 0 saturated carbocycles. The fourth-order valence-corrected chi connectivity index (χ4v) is 1.44. The molecule has 70 valence electrons. The van der Waals surface area contributed by atoms with Crippen molar-refractivity contribution in [1.82, 2.24) is 0 Å². The molecule has 3 nitrogen and oxygen atoms in total. The minimum atomic E-state index is -0.407. The van der Waals surface area contributed by atoms with Crippen molar-refractivity contribution < 1.29 is 4.92 Å². The molecule has 0 saturated heterocycles. The van der Waals surface area contributed by atoms with Gasteiger partial charge >= 0.3 is 0 Å². The summed E-state index contributed by atoms with van der Waals surface area (Å²) in [5.41, 5.74) is 2.02. The molecule has 0 aliphatic heterocycles. The number of nitro benzene ring substituents is 1. The van der Waals surface area contributed by atoms with Crippen LogP contribution in [0.4, 0.5) is 5.69 Å². The van der Waals surface area contributed by atoms with Crippen molar-refractivity contribution in [3.8, 4) is 0 Å². The highest BCUT2D eigenvalue weighted by molar-refractivity contribution is 6.17. The van der Waals surface area contributed by atoms with Crippen LogP contribution in [0.1, 0.15) is 18.1 Å². The van der Waals surface area contributed by atoms with Gasteiger partial charge in [0.05, 0.1) is 4.92 Å². The van der Waals surface area contributed by atoms with E-state index in [0.717, 1.165) is 17.5 Å². The van der Waals surface area contributed by atoms with Crippen LogP contribution in [0.15, 0.2) is 18.2 Å². The number of nitro groups is 1. The van der Waals surface area contributed by atoms with Gasteiger partial charge in [-0.25, -0.2) is 0 Å². The fraction of sp³-hybridized carbons (Fsp3) is 0.333. The number of halogens is 1. The third-order valence-electron chi connectivity index (χ3n) is 1.93. The van der Waals surface area contributed by atoms with E-state index in [0.29, 0.717) is 5.88 Å². The monoisotopic (exact) mass is 199 g/mol. The van der Waals surface area contributed by atoms with Gasteiger partial charge < -0.3 is 0 Å². The first kappa shape index (κ1) is 9.99. The minimum Gasteiger partial charge on any atom is -0.258 e. The predicted octanol–water partition coefficient (Wildman–Crippen LogP) is 2.90. The normalized spacial score (nSPS) is 10.0. The molecule has 1 rings (SSSR count). The molecular formula is C9H10ClNO2. The van der Waals surface area contributed by atoms with Crippen LogP contribution in [0, 0.1) is 10.1 Å². The summed E-state index contributed by atoms with van der Waals surface area (Å²) in [6.07, 6.45) is 0.847. The smallest absolute Gasteiger partial charge is 0.258 e. The number of hydrogen-bond acceptors (Lipinski definition) is 2. The van der Waals surface area contributed by atoms with Crippen LogP contribution in [-0.4, -0.2) is 4.92 Å². The molecule has 0 bridgehead atoms. The third kappa shape index (κ3) is 2.18. The molecule has 1 aromatic carbocycles. The second-order valence-electron chi connectivity index (χ2n) is 2.70. The van der Waals surface area contributed by atoms with Crippen LogP contribution in [0.25, 0.3) is 0 Å². The van der Waals surface area contributed by atoms with Crippen molar-refractivity contribution in [2.75, 3.05) is 0 Å². The highest BCUT2D eigenvalue weighted by Gasteiger charge is 2.08. The Hall–Kier alpha value is -1.09. The van der Waals surface area contributed by atoms with Gasteiger partial charge in [-0.1, -0.05) is 13.0 Å². The van der Waals surface area contributed by atoms with E-state index in [4.69, 9.17) is 11.6 Å². The molecule has 0 fully saturated rings. The van der Waals surface area contributed by atoms with E-state index in [-0.39, 0.29) is 5.69 Å². The Morgan fingerprint density at radius 3 is 2.62 bits per heavy atom. The fourth-order valence-electron chi connectivity index (χ4n) is 1.20. The highest BCUT2D eigenvalue weighted by Crippen LogP contribution is 2.19. The Kier molecular flexibility index (Phi) is 3.25. The minimum absolute atomic E-state index is 0.104. The van der Waals surface area contributed by atoms with E-state index < -0.39 is 4.92 Å². The first-order valence-corrected chi connectivity index (χ1v) is 4.54. The van der Waals surface area contributed by atoms with E-state index in [1.807, 2.05) is 6.92 Å². The lowest BCUT2D eigenvalue weighted by molar-refractivity contribution is -0.384. The maximum absolute atomic E-state index is 10.4. The van der Waals surface area contributed by atoms with Crippen LogP contribution >= 0.6 is 11.6 Å². The molecular weight excluding hydrogens is 190 g/mol. The zero-order valence-corrected chi connectivity index (χ0v) is 8.04. The molecule has 13 heavy (non-hydrogen) atoms. The zero-order chi connectivity index (χ0) is 9.84. The molecule has 0 aliphatic rings. The van der Waals surface area contributed by atoms with Crippen molar-refractivity contribution in [3.05, 3.63) is 39.4 Å². The van der Waals surface area contributed by atoms with Crippen molar-refractivity contribution in [1.29, 1.82) is 0 Å². The van der Waals surface area contributed by atoms with E-state index in [2.05, 4.69) is 0 Å². The largest absolute Gasteiger partial charge is 0.269 e. The summed E-state index contributed by atoms with van der Waals surface area (Å²) in [5, 5.41) is 10.4. The summed E-state index contributed by atoms with van der Waals surface area (Å²) in [4.78, 5) is 10.0. The molecule has 0 unspecified atom stereocenters. The van der Waals surface area contributed by atoms with Gasteiger partial charge in [-0.3, -0.25) is 10.1 Å². The van der Waals surface area contributed by atoms with Crippen LogP contribution in [0.3, 0.4) is 0 Å². The van der Waals surface area contributed by atoms with Gasteiger partial charge in [0.15, 0.2) is 0 Å². The third-order valence-corrected chi connectivity index (χ3v) is 2.21. The number of nitrogens with zero attached hydrogens (tertiary/aromatic N) is 1. The zero-order valence-electron chi connectivity index (χ0n) is 7.29. The molecule has 0 atom stereocenters. The molecule has 0 aliphatic carbocycles. The molecule has 0 amide bonds. The second-order valence-corrected chi connectivity index (χ2v) is 2.96. The standard InChI is InChI=1S/C9H10ClNO2/c1-2-7-3-4-9(11(12)13)5-8(7)6-10/h3-5H,2,6H2,1H3. The predicted molar refractivity (Wildman–Crippen MR) is 52.0 cm³/mol. The van der Waals surface area contributed by atoms with Crippen molar-refractivity contribution in [2.24, 2.45) is 0 Å². The van der Waals surface area contributed by atoms with Crippen LogP contribution < -0.4 is 0 Å². The summed E-state index contributed by atoms with van der Waals surface area (Å²) in [6.45, 7) is 2.00. The first-order valence-electron chi connectivity index (χ1n) is 4.01. The quantitative estimate of drug-likeness (QED) is 0.427. The SMILES string of the molecule is CCc1ccc([N+](=O)[O-])cc1CCl. The summed E-state index contributed by atoms with van der Waals surface area (Å²) >= 11 is 5.66. The van der Waals surface area contributed by atoms with Crippen molar-refractivity contribution in [3.63, 3.8) is 0 Å². The molecule has 0 heterocycles. The summed E-state index contributed by atoms with van der Waals surface area (Å²) in [7, 11) is 0. The molecule has 4 heteroatoms. The summed E-state index contributed by atoms with van der Waals surface area (Å²) < 4.78 is 0. The van der Waals surface area contributed by atoms with Gasteiger partial charge in [-0.15, -0.1) is 11.6 Å². The molecule has 0 N–H and O–H groups in total. The summed E-state index contributed by atoms with van der Waals surface area (Å²) in [6, 6.07) is 4.80. The van der Waals surface area contributed by atoms with E-state index in [1.54, 1.807) is 6.07 Å². The average Bonchev–Trinajstić information content (AvgIpc) is 2.16. The maximum Gasteiger partial charge on any atom is 0.269 e. The highest BCUT2D eigenvalue weighted by atomic mass is 35.5. The number of alkyl halides is 1. The van der Waals surface area contributed by atoms with Gasteiger partial charge in [-0.2, -0.15) is 0 Å². The number of rotatable bonds is 3. The number of hydrogen-bond donors (Lipinski definition) is 0. The Labute approximate surface area is 81.5 Å². The van der Waals surface area contributed by atoms with E-state index >= 15 is 0 Å². The Morgan fingerprint density at radius 2 is 2.15 bits per heavy atom. The lowest BCUT2D eigenvalue weighted by Gasteiger charge is -2.03. The van der Waals surface area contributed by atoms with Gasteiger partial charge in [0.25, 0.3) is 5.69 Å². The lowest BCUT2D eigenvalue weighted by atomic mass is 10.1. The Bertz CT molecular complexity index is 325. The molecule has 0 spiro atoms. The molecule has 1 aromatic rings. The number of non-ortho nitro benzene ring substituents is 1. The van der Waals surface area contributed by atoms with Crippen LogP contribution in [-0.2, 0) is 12.3 Å². The first-order chi connectivity index (χ1) is 6.19. The topological polar surface area (TPSA) is 43.1 Å². The van der Waals surface area contributed by atoms with Crippen molar-refractivity contribution in [2.45, 2.75) is 19.2 Å². The lowest BCUT2D eigenvalue weighted by Crippen LogP contribution is -1.93. The van der Waals surface area contributed by atoms with Gasteiger partial charge in [0.2, 0.25) is 0 Å². The van der Waals surface area contributed by atoms with E-state index in [1.165, 1.54) is 12.1 Å². The number of aryl methyl sites for hydroxylation is 1. The second kappa shape index (κ2) is 4.23. The number of benzene rings is 1. The van der Waals surface area contributed by atoms with Gasteiger partial charge in [0.1, 0.15) is 0 Å². The molecule has 0 radical (unpaired) electrons. The summed E-state index contributed by atoms with van der Waals surface area (Å²) in [5.74, 6) is 0.324. The van der Waals surface area contributed by atoms with Crippen LogP contribution in [0.5, 0.6) is 0 Å². The van der Waals surface area contributed by atoms with Crippen LogP contribution in [0.2, 0.25) is 0 Å². The Balaban J connectivity index is 3.13. The molecule has 0 aromatic heterocycles. The average molecular weight is 200 g/mol. The van der Waals surface area contributed by atoms with Gasteiger partial charge in [-0.05, 0) is 17.5 Å².